The van der Waals surface area contributed by atoms with Gasteiger partial charge in [-0.3, -0.25) is 14.4 Å². The molecule has 0 fully saturated rings. The lowest BCUT2D eigenvalue weighted by Gasteiger charge is -2.10. The van der Waals surface area contributed by atoms with Crippen molar-refractivity contribution in [2.24, 2.45) is 0 Å². The molecule has 0 heterocycles. The number of carbonyl (C=O) groups is 3. The number of nitrogen functional groups attached to an aromatic ring is 1. The Bertz CT molecular complexity index is 2000. The lowest BCUT2D eigenvalue weighted by molar-refractivity contribution is -0.138. The van der Waals surface area contributed by atoms with E-state index in [4.69, 9.17) is 25.4 Å². The van der Waals surface area contributed by atoms with E-state index in [-0.39, 0.29) is 12.8 Å². The van der Waals surface area contributed by atoms with Crippen molar-refractivity contribution in [3.05, 3.63) is 180 Å². The van der Waals surface area contributed by atoms with E-state index in [1.807, 2.05) is 127 Å². The Hall–Kier alpha value is -6.87. The first-order chi connectivity index (χ1) is 25.7. The Morgan fingerprint density at radius 3 is 1.53 bits per heavy atom. The van der Waals surface area contributed by atoms with E-state index in [2.05, 4.69) is 5.32 Å². The first-order valence-corrected chi connectivity index (χ1v) is 17.0. The first-order valence-electron chi connectivity index (χ1n) is 17.0. The topological polar surface area (TPSA) is 148 Å². The van der Waals surface area contributed by atoms with Gasteiger partial charge in [-0.2, -0.15) is 0 Å². The molecule has 0 bridgehead atoms. The number of aliphatic carboxylic acids is 2. The Morgan fingerprint density at radius 1 is 0.547 bits per heavy atom. The highest BCUT2D eigenvalue weighted by Gasteiger charge is 2.02. The highest BCUT2D eigenvalue weighted by atomic mass is 16.5. The van der Waals surface area contributed by atoms with Gasteiger partial charge in [0.1, 0.15) is 29.3 Å². The van der Waals surface area contributed by atoms with Crippen LogP contribution < -0.4 is 20.5 Å². The number of rotatable bonds is 14. The number of aryl methyl sites for hydroxylation is 2. The zero-order valence-electron chi connectivity index (χ0n) is 29.1. The van der Waals surface area contributed by atoms with E-state index in [0.717, 1.165) is 45.9 Å². The van der Waals surface area contributed by atoms with Gasteiger partial charge in [0, 0.05) is 36.3 Å². The molecular weight excluding hydrogens is 668 g/mol. The molecule has 0 spiro atoms. The maximum Gasteiger partial charge on any atom is 0.303 e. The summed E-state index contributed by atoms with van der Waals surface area (Å²) in [4.78, 5) is 31.4. The summed E-state index contributed by atoms with van der Waals surface area (Å²) in [7, 11) is 0. The van der Waals surface area contributed by atoms with Gasteiger partial charge in [0.05, 0.1) is 0 Å². The fourth-order valence-electron chi connectivity index (χ4n) is 4.80. The van der Waals surface area contributed by atoms with Gasteiger partial charge in [-0.05, 0) is 102 Å². The smallest absolute Gasteiger partial charge is 0.303 e. The van der Waals surface area contributed by atoms with Crippen molar-refractivity contribution in [1.29, 1.82) is 0 Å². The quantitative estimate of drug-likeness (QED) is 0.0640. The van der Waals surface area contributed by atoms with Crippen molar-refractivity contribution in [3.8, 4) is 23.0 Å². The Balaban J connectivity index is 0.000000196. The molecule has 0 atom stereocenters. The fourth-order valence-corrected chi connectivity index (χ4v) is 4.80. The minimum absolute atomic E-state index is 0.154. The monoisotopic (exact) mass is 710 g/mol. The number of nitrogens with two attached hydrogens (primary N) is 1. The number of carboxylic acids is 2. The number of ether oxygens (including phenoxy) is 2. The van der Waals surface area contributed by atoms with E-state index >= 15 is 0 Å². The second kappa shape index (κ2) is 21.4. The van der Waals surface area contributed by atoms with Gasteiger partial charge < -0.3 is 30.7 Å². The number of benzene rings is 6. The summed E-state index contributed by atoms with van der Waals surface area (Å²) >= 11 is 0. The molecule has 0 unspecified atom stereocenters. The van der Waals surface area contributed by atoms with Gasteiger partial charge in [-0.15, -0.1) is 0 Å². The van der Waals surface area contributed by atoms with Gasteiger partial charge in [0.15, 0.2) is 0 Å². The lowest BCUT2D eigenvalue weighted by atomic mass is 10.1. The van der Waals surface area contributed by atoms with E-state index in [0.29, 0.717) is 36.4 Å². The molecule has 9 nitrogen and oxygen atoms in total. The Kier molecular flexibility index (Phi) is 15.7. The van der Waals surface area contributed by atoms with E-state index in [1.165, 1.54) is 0 Å². The Labute approximate surface area is 309 Å². The van der Waals surface area contributed by atoms with Crippen molar-refractivity contribution >= 4 is 29.6 Å². The van der Waals surface area contributed by atoms with Crippen LogP contribution in [0.4, 0.5) is 11.4 Å². The van der Waals surface area contributed by atoms with Crippen molar-refractivity contribution < 1.29 is 34.1 Å². The van der Waals surface area contributed by atoms with Crippen molar-refractivity contribution in [3.63, 3.8) is 0 Å². The summed E-state index contributed by atoms with van der Waals surface area (Å²) in [6.07, 6.45) is 2.24. The summed E-state index contributed by atoms with van der Waals surface area (Å²) in [5.41, 5.74) is 10.9. The summed E-state index contributed by atoms with van der Waals surface area (Å²) in [6.45, 7) is 0.681. The van der Waals surface area contributed by atoms with Crippen molar-refractivity contribution in [1.82, 2.24) is 0 Å². The largest absolute Gasteiger partial charge is 0.481 e. The normalized spacial score (nSPS) is 9.96. The second-order valence-corrected chi connectivity index (χ2v) is 11.7. The van der Waals surface area contributed by atoms with Crippen LogP contribution in [0.5, 0.6) is 23.0 Å². The minimum Gasteiger partial charge on any atom is -0.481 e. The fraction of sp³-hybridized carbons (Fsp3) is 0.114. The molecule has 0 amide bonds. The highest BCUT2D eigenvalue weighted by Crippen LogP contribution is 2.23. The number of carboxylic acid groups (broad SMARTS) is 2. The molecule has 0 radical (unpaired) electrons. The van der Waals surface area contributed by atoms with Crippen LogP contribution >= 0.6 is 0 Å². The molecule has 9 heteroatoms. The lowest BCUT2D eigenvalue weighted by Crippen LogP contribution is -2.00. The maximum atomic E-state index is 10.6. The van der Waals surface area contributed by atoms with Crippen LogP contribution in [0.15, 0.2) is 158 Å². The molecule has 5 N–H and O–H groups in total. The van der Waals surface area contributed by atoms with E-state index < -0.39 is 11.9 Å². The molecule has 0 aliphatic rings. The number of hydrogen-bond acceptors (Lipinski definition) is 7. The van der Waals surface area contributed by atoms with Crippen LogP contribution in [0.25, 0.3) is 0 Å². The molecule has 6 rings (SSSR count). The second-order valence-electron chi connectivity index (χ2n) is 11.7. The molecule has 53 heavy (non-hydrogen) atoms. The number of hydrogen-bond donors (Lipinski definition) is 4. The first kappa shape index (κ1) is 38.9. The third kappa shape index (κ3) is 15.3. The molecule has 0 saturated heterocycles. The molecule has 6 aromatic rings. The summed E-state index contributed by atoms with van der Waals surface area (Å²) in [5, 5.41) is 20.5. The van der Waals surface area contributed by atoms with Crippen LogP contribution in [0.2, 0.25) is 0 Å². The molecule has 0 aromatic heterocycles. The third-order valence-corrected chi connectivity index (χ3v) is 7.54. The number of aldehydes is 1. The highest BCUT2D eigenvalue weighted by molar-refractivity contribution is 5.75. The zero-order chi connectivity index (χ0) is 37.7. The third-order valence-electron chi connectivity index (χ3n) is 7.54. The van der Waals surface area contributed by atoms with Gasteiger partial charge in [-0.25, -0.2) is 0 Å². The van der Waals surface area contributed by atoms with E-state index in [1.54, 1.807) is 30.3 Å². The molecule has 6 aromatic carbocycles. The number of para-hydroxylation sites is 2. The van der Waals surface area contributed by atoms with Gasteiger partial charge in [-0.1, -0.05) is 84.9 Å². The average Bonchev–Trinajstić information content (AvgIpc) is 3.18. The Morgan fingerprint density at radius 2 is 1.02 bits per heavy atom. The van der Waals surface area contributed by atoms with Crippen LogP contribution in [-0.4, -0.2) is 28.4 Å². The predicted octanol–water partition coefficient (Wildman–Crippen LogP) is 9.69. The van der Waals surface area contributed by atoms with Gasteiger partial charge in [0.25, 0.3) is 0 Å². The van der Waals surface area contributed by atoms with E-state index in [9.17, 15) is 14.4 Å². The molecule has 270 valence electrons. The van der Waals surface area contributed by atoms with Crippen molar-refractivity contribution in [2.45, 2.75) is 32.2 Å². The number of nitrogens with one attached hydrogen (secondary N) is 1. The predicted molar refractivity (Wildman–Crippen MR) is 208 cm³/mol. The summed E-state index contributed by atoms with van der Waals surface area (Å²) in [6, 6.07) is 49.3. The van der Waals surface area contributed by atoms with Crippen LogP contribution in [-0.2, 0) is 29.0 Å². The number of anilines is 2. The zero-order valence-corrected chi connectivity index (χ0v) is 29.1. The molecule has 0 saturated carbocycles. The SMILES string of the molecule is Nc1ccc(CCC(=O)O)cc1.O=C(O)CCc1ccc(NCc2cccc(Oc3ccccc3)c2)cc1.O=Cc1cccc(Oc2ccccc2)c1. The summed E-state index contributed by atoms with van der Waals surface area (Å²) in [5.74, 6) is 1.51. The van der Waals surface area contributed by atoms with Crippen LogP contribution in [0.1, 0.15) is 39.9 Å². The summed E-state index contributed by atoms with van der Waals surface area (Å²) < 4.78 is 11.4. The van der Waals surface area contributed by atoms with Crippen molar-refractivity contribution in [2.75, 3.05) is 11.1 Å². The minimum atomic E-state index is -0.773. The van der Waals surface area contributed by atoms with Crippen LogP contribution in [0.3, 0.4) is 0 Å². The van der Waals surface area contributed by atoms with Crippen LogP contribution in [0, 0.1) is 0 Å². The van der Waals surface area contributed by atoms with Gasteiger partial charge in [0.2, 0.25) is 0 Å². The standard InChI is InChI=1S/C22H21NO3.C13H10O2.C9H11NO2/c24-22(25)14-11-17-9-12-19(13-10-17)23-16-18-5-4-8-21(15-18)26-20-6-2-1-3-7-20;14-10-11-5-4-8-13(9-11)15-12-6-2-1-3-7-12;10-8-4-1-7(2-5-8)3-6-9(11)12/h1-10,12-13,15,23H,11,14,16H2,(H,24,25);1-10H;1-2,4-5H,3,6,10H2,(H,11,12). The maximum absolute atomic E-state index is 10.6. The molecule has 0 aliphatic heterocycles. The molecule has 0 aliphatic carbocycles. The molecular formula is C44H42N2O7. The van der Waals surface area contributed by atoms with Gasteiger partial charge >= 0.3 is 11.9 Å². The number of carbonyl (C=O) groups excluding carboxylic acids is 1. The average molecular weight is 711 g/mol.